The molecule has 0 saturated heterocycles. The predicted molar refractivity (Wildman–Crippen MR) is 79.1 cm³/mol. The fourth-order valence-corrected chi connectivity index (χ4v) is 2.59. The van der Waals surface area contributed by atoms with Crippen LogP contribution < -0.4 is 5.32 Å². The third-order valence-electron chi connectivity index (χ3n) is 3.18. The summed E-state index contributed by atoms with van der Waals surface area (Å²) in [6.07, 6.45) is -2.60. The highest BCUT2D eigenvalue weighted by molar-refractivity contribution is 9.10. The van der Waals surface area contributed by atoms with Gasteiger partial charge in [0, 0.05) is 29.0 Å². The van der Waals surface area contributed by atoms with Crippen LogP contribution in [-0.2, 0) is 13.2 Å². The van der Waals surface area contributed by atoms with Gasteiger partial charge in [0.1, 0.15) is 0 Å². The number of nitrogens with one attached hydrogen (secondary N) is 1. The summed E-state index contributed by atoms with van der Waals surface area (Å²) >= 11 is 3.07. The molecule has 0 aliphatic heterocycles. The van der Waals surface area contributed by atoms with E-state index in [0.717, 1.165) is 17.3 Å². The van der Waals surface area contributed by atoms with Crippen LogP contribution in [0.15, 0.2) is 28.9 Å². The zero-order valence-corrected chi connectivity index (χ0v) is 13.4. The van der Waals surface area contributed by atoms with Crippen LogP contribution in [0.3, 0.4) is 0 Å². The molecular formula is C14H15BrF3N3. The van der Waals surface area contributed by atoms with E-state index in [1.165, 1.54) is 6.07 Å². The Morgan fingerprint density at radius 3 is 2.52 bits per heavy atom. The fraction of sp³-hybridized carbons (Fsp3) is 0.357. The van der Waals surface area contributed by atoms with Crippen molar-refractivity contribution in [2.45, 2.75) is 26.1 Å². The minimum Gasteiger partial charge on any atom is -0.378 e. The molecule has 0 bridgehead atoms. The van der Waals surface area contributed by atoms with Gasteiger partial charge in [0.05, 0.1) is 17.3 Å². The van der Waals surface area contributed by atoms with Crippen LogP contribution in [-0.4, -0.2) is 9.78 Å². The van der Waals surface area contributed by atoms with E-state index in [1.54, 1.807) is 24.0 Å². The number of hydrogen-bond donors (Lipinski definition) is 1. The van der Waals surface area contributed by atoms with Crippen LogP contribution in [0, 0.1) is 6.92 Å². The fourth-order valence-electron chi connectivity index (χ4n) is 2.23. The van der Waals surface area contributed by atoms with E-state index in [2.05, 4.69) is 26.3 Å². The second-order valence-corrected chi connectivity index (χ2v) is 5.81. The van der Waals surface area contributed by atoms with Crippen LogP contribution >= 0.6 is 15.9 Å². The molecule has 0 fully saturated rings. The molecule has 0 radical (unpaired) electrons. The molecular weight excluding hydrogens is 347 g/mol. The lowest BCUT2D eigenvalue weighted by Crippen LogP contribution is -2.13. The Kier molecular flexibility index (Phi) is 4.32. The first kappa shape index (κ1) is 15.9. The smallest absolute Gasteiger partial charge is 0.378 e. The van der Waals surface area contributed by atoms with Gasteiger partial charge in [-0.2, -0.15) is 18.3 Å². The molecule has 0 amide bonds. The average Bonchev–Trinajstić information content (AvgIpc) is 2.69. The van der Waals surface area contributed by atoms with Crippen molar-refractivity contribution in [2.24, 2.45) is 7.05 Å². The molecule has 21 heavy (non-hydrogen) atoms. The summed E-state index contributed by atoms with van der Waals surface area (Å²) in [6.45, 7) is 3.64. The lowest BCUT2D eigenvalue weighted by Gasteiger charge is -2.19. The number of alkyl halides is 3. The van der Waals surface area contributed by atoms with Crippen LogP contribution in [0.25, 0.3) is 0 Å². The number of aryl methyl sites for hydroxylation is 2. The molecule has 0 aliphatic rings. The predicted octanol–water partition coefficient (Wildman–Crippen LogP) is 4.68. The van der Waals surface area contributed by atoms with Gasteiger partial charge in [-0.15, -0.1) is 0 Å². The molecule has 2 rings (SSSR count). The highest BCUT2D eigenvalue weighted by atomic mass is 79.9. The van der Waals surface area contributed by atoms with E-state index >= 15 is 0 Å². The molecule has 1 atom stereocenters. The molecule has 0 saturated carbocycles. The Bertz CT molecular complexity index is 649. The molecule has 2 aromatic rings. The molecule has 1 aromatic heterocycles. The topological polar surface area (TPSA) is 29.9 Å². The molecule has 0 aliphatic carbocycles. The first-order valence-corrected chi connectivity index (χ1v) is 7.11. The first-order chi connectivity index (χ1) is 9.68. The minimum atomic E-state index is -4.41. The van der Waals surface area contributed by atoms with Crippen LogP contribution in [0.5, 0.6) is 0 Å². The van der Waals surface area contributed by atoms with E-state index < -0.39 is 11.7 Å². The maximum atomic E-state index is 13.1. The van der Waals surface area contributed by atoms with Gasteiger partial charge >= 0.3 is 6.18 Å². The van der Waals surface area contributed by atoms with Crippen molar-refractivity contribution in [3.8, 4) is 0 Å². The van der Waals surface area contributed by atoms with Gasteiger partial charge in [-0.3, -0.25) is 4.68 Å². The number of hydrogen-bond acceptors (Lipinski definition) is 2. The SMILES string of the molecule is Cc1nn(C)cc1C(C)Nc1ccc(Br)cc1C(F)(F)F. The molecule has 114 valence electrons. The monoisotopic (exact) mass is 361 g/mol. The van der Waals surface area contributed by atoms with E-state index in [4.69, 9.17) is 0 Å². The average molecular weight is 362 g/mol. The molecule has 0 spiro atoms. The normalized spacial score (nSPS) is 13.3. The second kappa shape index (κ2) is 5.71. The maximum absolute atomic E-state index is 13.1. The highest BCUT2D eigenvalue weighted by Crippen LogP contribution is 2.37. The van der Waals surface area contributed by atoms with Crippen LogP contribution in [0.2, 0.25) is 0 Å². The third-order valence-corrected chi connectivity index (χ3v) is 3.67. The van der Waals surface area contributed by atoms with Gasteiger partial charge in [0.15, 0.2) is 0 Å². The summed E-state index contributed by atoms with van der Waals surface area (Å²) < 4.78 is 41.3. The summed E-state index contributed by atoms with van der Waals surface area (Å²) in [5.41, 5.74) is 1.03. The Balaban J connectivity index is 2.33. The molecule has 7 heteroatoms. The summed E-state index contributed by atoms with van der Waals surface area (Å²) in [7, 11) is 1.78. The highest BCUT2D eigenvalue weighted by Gasteiger charge is 2.34. The lowest BCUT2D eigenvalue weighted by atomic mass is 10.1. The number of halogens is 4. The first-order valence-electron chi connectivity index (χ1n) is 6.32. The van der Waals surface area contributed by atoms with Crippen molar-refractivity contribution in [1.82, 2.24) is 9.78 Å². The summed E-state index contributed by atoms with van der Waals surface area (Å²) in [6, 6.07) is 3.81. The molecule has 1 aromatic carbocycles. The van der Waals surface area contributed by atoms with Gasteiger partial charge in [0.2, 0.25) is 0 Å². The molecule has 1 heterocycles. The third kappa shape index (κ3) is 3.58. The number of nitrogens with zero attached hydrogens (tertiary/aromatic N) is 2. The van der Waals surface area contributed by atoms with E-state index in [-0.39, 0.29) is 11.7 Å². The Labute approximate surface area is 129 Å². The Hall–Kier alpha value is -1.50. The molecule has 3 nitrogen and oxygen atoms in total. The van der Waals surface area contributed by atoms with Crippen molar-refractivity contribution < 1.29 is 13.2 Å². The standard InChI is InChI=1S/C14H15BrF3N3/c1-8(11-7-21(3)20-9(11)2)19-13-5-4-10(15)6-12(13)14(16,17)18/h4-8,19H,1-3H3. The van der Waals surface area contributed by atoms with Crippen molar-refractivity contribution in [1.29, 1.82) is 0 Å². The number of benzene rings is 1. The van der Waals surface area contributed by atoms with Crippen molar-refractivity contribution in [2.75, 3.05) is 5.32 Å². The lowest BCUT2D eigenvalue weighted by molar-refractivity contribution is -0.137. The van der Waals surface area contributed by atoms with Gasteiger partial charge in [-0.05, 0) is 32.0 Å². The number of rotatable bonds is 3. The summed E-state index contributed by atoms with van der Waals surface area (Å²) in [5.74, 6) is 0. The second-order valence-electron chi connectivity index (χ2n) is 4.90. The quantitative estimate of drug-likeness (QED) is 0.859. The van der Waals surface area contributed by atoms with Gasteiger partial charge in [-0.1, -0.05) is 15.9 Å². The minimum absolute atomic E-state index is 0.0569. The van der Waals surface area contributed by atoms with Gasteiger partial charge in [0.25, 0.3) is 0 Å². The van der Waals surface area contributed by atoms with Gasteiger partial charge in [-0.25, -0.2) is 0 Å². The summed E-state index contributed by atoms with van der Waals surface area (Å²) in [5, 5.41) is 7.13. The van der Waals surface area contributed by atoms with Crippen molar-refractivity contribution in [3.63, 3.8) is 0 Å². The maximum Gasteiger partial charge on any atom is 0.418 e. The number of aromatic nitrogens is 2. The number of anilines is 1. The van der Waals surface area contributed by atoms with Gasteiger partial charge < -0.3 is 5.32 Å². The van der Waals surface area contributed by atoms with E-state index in [0.29, 0.717) is 4.47 Å². The summed E-state index contributed by atoms with van der Waals surface area (Å²) in [4.78, 5) is 0. The molecule has 1 unspecified atom stereocenters. The zero-order chi connectivity index (χ0) is 15.8. The van der Waals surface area contributed by atoms with Crippen LogP contribution in [0.4, 0.5) is 18.9 Å². The zero-order valence-electron chi connectivity index (χ0n) is 11.8. The Morgan fingerprint density at radius 2 is 2.00 bits per heavy atom. The van der Waals surface area contributed by atoms with E-state index in [1.807, 2.05) is 13.8 Å². The van der Waals surface area contributed by atoms with Crippen LogP contribution in [0.1, 0.15) is 29.8 Å². The largest absolute Gasteiger partial charge is 0.418 e. The molecule has 1 N–H and O–H groups in total. The van der Waals surface area contributed by atoms with Crippen molar-refractivity contribution >= 4 is 21.6 Å². The van der Waals surface area contributed by atoms with E-state index in [9.17, 15) is 13.2 Å². The van der Waals surface area contributed by atoms with Crippen molar-refractivity contribution in [3.05, 3.63) is 45.7 Å². The Morgan fingerprint density at radius 1 is 1.33 bits per heavy atom.